The second kappa shape index (κ2) is 17.1. The number of aliphatic carboxylic acids is 1. The normalized spacial score (nSPS) is 13.2. The molecule has 0 saturated heterocycles. The number of esters is 1. The first kappa shape index (κ1) is 31.7. The molecule has 0 radical (unpaired) electrons. The fourth-order valence-corrected chi connectivity index (χ4v) is 4.53. The van der Waals surface area contributed by atoms with E-state index in [1.165, 1.54) is 0 Å². The summed E-state index contributed by atoms with van der Waals surface area (Å²) >= 11 is 0. The van der Waals surface area contributed by atoms with Crippen LogP contribution in [0.2, 0.25) is 0 Å². The van der Waals surface area contributed by atoms with E-state index in [2.05, 4.69) is 5.32 Å². The molecule has 0 aliphatic carbocycles. The van der Waals surface area contributed by atoms with Gasteiger partial charge in [-0.15, -0.1) is 0 Å². The summed E-state index contributed by atoms with van der Waals surface area (Å²) in [5.41, 5.74) is 8.67. The van der Waals surface area contributed by atoms with Gasteiger partial charge in [-0.05, 0) is 55.8 Å². The van der Waals surface area contributed by atoms with Crippen LogP contribution in [-0.2, 0) is 30.3 Å². The number of hydrogen-bond donors (Lipinski definition) is 3. The number of carboxylic acid groups (broad SMARTS) is 1. The van der Waals surface area contributed by atoms with E-state index >= 15 is 0 Å². The van der Waals surface area contributed by atoms with Crippen LogP contribution < -0.4 is 11.1 Å². The third-order valence-electron chi connectivity index (χ3n) is 6.70. The molecule has 0 unspecified atom stereocenters. The number of benzene rings is 2. The highest BCUT2D eigenvalue weighted by Gasteiger charge is 2.24. The number of Topliss-reactive ketones (excluding diaryl/α,β-unsaturated/α-hetero) is 1. The number of nitrogens with two attached hydrogens (primary N) is 1. The van der Waals surface area contributed by atoms with E-state index in [1.54, 1.807) is 13.8 Å². The van der Waals surface area contributed by atoms with Crippen LogP contribution in [0.1, 0.15) is 64.4 Å². The molecule has 2 aromatic rings. The predicted octanol–water partition coefficient (Wildman–Crippen LogP) is 4.54. The molecule has 0 fully saturated rings. The van der Waals surface area contributed by atoms with Gasteiger partial charge in [0.05, 0.1) is 18.4 Å². The highest BCUT2D eigenvalue weighted by atomic mass is 16.5. The summed E-state index contributed by atoms with van der Waals surface area (Å²) in [6, 6.07) is 17.8. The molecule has 8 heteroatoms. The fraction of sp³-hybridized carbons (Fsp3) is 0.484. The minimum atomic E-state index is -1.00. The lowest BCUT2D eigenvalue weighted by molar-refractivity contribution is -0.148. The Morgan fingerprint density at radius 2 is 1.62 bits per heavy atom. The number of carbonyl (C=O) groups excluding carboxylic acids is 3. The first-order chi connectivity index (χ1) is 18.7. The van der Waals surface area contributed by atoms with Gasteiger partial charge in [0.2, 0.25) is 5.91 Å². The molecule has 0 aliphatic rings. The van der Waals surface area contributed by atoms with Crippen LogP contribution in [0.4, 0.5) is 0 Å². The predicted molar refractivity (Wildman–Crippen MR) is 151 cm³/mol. The van der Waals surface area contributed by atoms with E-state index in [-0.39, 0.29) is 49.6 Å². The highest BCUT2D eigenvalue weighted by molar-refractivity contribution is 5.87. The molecular weight excluding hydrogens is 496 g/mol. The molecule has 3 atom stereocenters. The van der Waals surface area contributed by atoms with Crippen molar-refractivity contribution in [2.45, 2.75) is 71.3 Å². The third-order valence-corrected chi connectivity index (χ3v) is 6.70. The number of ketones is 1. The molecule has 0 bridgehead atoms. The van der Waals surface area contributed by atoms with Gasteiger partial charge >= 0.3 is 11.9 Å². The van der Waals surface area contributed by atoms with Gasteiger partial charge < -0.3 is 20.9 Å². The monoisotopic (exact) mass is 538 g/mol. The molecule has 8 nitrogen and oxygen atoms in total. The van der Waals surface area contributed by atoms with Crippen molar-refractivity contribution in [1.82, 2.24) is 5.32 Å². The zero-order valence-electron chi connectivity index (χ0n) is 23.1. The largest absolute Gasteiger partial charge is 0.481 e. The van der Waals surface area contributed by atoms with Crippen LogP contribution in [0.15, 0.2) is 54.6 Å². The lowest BCUT2D eigenvalue weighted by Crippen LogP contribution is -2.39. The molecule has 0 aliphatic heterocycles. The summed E-state index contributed by atoms with van der Waals surface area (Å²) in [7, 11) is 0. The second-order valence-electron chi connectivity index (χ2n) is 9.98. The SMILES string of the molecule is CCOC(=O)[C@H](C)C[C@@H](Cc1ccc(-c2ccccc2)cc1)NC(=O)CCC(=O)C[C@@H](CCCCN)C(=O)O. The molecule has 2 aromatic carbocycles. The van der Waals surface area contributed by atoms with Crippen molar-refractivity contribution >= 4 is 23.6 Å². The highest BCUT2D eigenvalue weighted by Crippen LogP contribution is 2.21. The lowest BCUT2D eigenvalue weighted by Gasteiger charge is -2.22. The Kier molecular flexibility index (Phi) is 13.9. The van der Waals surface area contributed by atoms with Crippen molar-refractivity contribution in [3.63, 3.8) is 0 Å². The quantitative estimate of drug-likeness (QED) is 0.187. The maximum Gasteiger partial charge on any atom is 0.308 e. The number of carboxylic acids is 1. The number of hydrogen-bond acceptors (Lipinski definition) is 6. The number of unbranched alkanes of at least 4 members (excludes halogenated alkanes) is 1. The Morgan fingerprint density at radius 1 is 0.949 bits per heavy atom. The number of nitrogens with one attached hydrogen (secondary N) is 1. The second-order valence-corrected chi connectivity index (χ2v) is 9.98. The average molecular weight is 539 g/mol. The smallest absolute Gasteiger partial charge is 0.308 e. The van der Waals surface area contributed by atoms with Gasteiger partial charge in [-0.1, -0.05) is 67.9 Å². The fourth-order valence-electron chi connectivity index (χ4n) is 4.53. The van der Waals surface area contributed by atoms with Gasteiger partial charge in [0.25, 0.3) is 0 Å². The summed E-state index contributed by atoms with van der Waals surface area (Å²) < 4.78 is 5.14. The van der Waals surface area contributed by atoms with Crippen LogP contribution in [0.25, 0.3) is 11.1 Å². The third kappa shape index (κ3) is 11.8. The maximum absolute atomic E-state index is 12.8. The number of carbonyl (C=O) groups is 4. The molecule has 0 aromatic heterocycles. The van der Waals surface area contributed by atoms with Crippen molar-refractivity contribution in [1.29, 1.82) is 0 Å². The van der Waals surface area contributed by atoms with Crippen LogP contribution >= 0.6 is 0 Å². The van der Waals surface area contributed by atoms with E-state index in [9.17, 15) is 24.3 Å². The molecular formula is C31H42N2O6. The van der Waals surface area contributed by atoms with Gasteiger partial charge in [0, 0.05) is 25.3 Å². The standard InChI is InChI=1S/C31H42N2O6/c1-3-39-31(38)22(2)19-27(20-23-12-14-25(15-13-23)24-9-5-4-6-10-24)33-29(35)17-16-28(34)21-26(30(36)37)11-7-8-18-32/h4-6,9-10,12-15,22,26-27H,3,7-8,11,16-21,32H2,1-2H3,(H,33,35)(H,36,37)/t22-,26-,27+/m1/s1. The summed E-state index contributed by atoms with van der Waals surface area (Å²) in [6.45, 7) is 4.29. The molecule has 0 heterocycles. The Labute approximate surface area is 231 Å². The van der Waals surface area contributed by atoms with Gasteiger partial charge in [0.15, 0.2) is 0 Å². The molecule has 0 spiro atoms. The van der Waals surface area contributed by atoms with Gasteiger partial charge in [-0.25, -0.2) is 0 Å². The molecule has 4 N–H and O–H groups in total. The van der Waals surface area contributed by atoms with E-state index in [0.717, 1.165) is 16.7 Å². The van der Waals surface area contributed by atoms with Crippen molar-refractivity contribution in [3.05, 3.63) is 60.2 Å². The first-order valence-electron chi connectivity index (χ1n) is 13.8. The van der Waals surface area contributed by atoms with Crippen LogP contribution in [0.3, 0.4) is 0 Å². The minimum Gasteiger partial charge on any atom is -0.481 e. The van der Waals surface area contributed by atoms with Crippen molar-refractivity contribution in [3.8, 4) is 11.1 Å². The van der Waals surface area contributed by atoms with E-state index < -0.39 is 17.8 Å². The zero-order chi connectivity index (χ0) is 28.6. The summed E-state index contributed by atoms with van der Waals surface area (Å²) in [5.74, 6) is -3.05. The molecule has 0 saturated carbocycles. The average Bonchev–Trinajstić information content (AvgIpc) is 2.92. The molecule has 1 amide bonds. The summed E-state index contributed by atoms with van der Waals surface area (Å²) in [5, 5.41) is 12.4. The number of rotatable bonds is 18. The Hall–Kier alpha value is -3.52. The van der Waals surface area contributed by atoms with Gasteiger partial charge in [0.1, 0.15) is 5.78 Å². The van der Waals surface area contributed by atoms with Crippen molar-refractivity contribution in [2.75, 3.05) is 13.2 Å². The van der Waals surface area contributed by atoms with E-state index in [4.69, 9.17) is 10.5 Å². The minimum absolute atomic E-state index is 0.0293. The zero-order valence-corrected chi connectivity index (χ0v) is 23.1. The van der Waals surface area contributed by atoms with Gasteiger partial charge in [-0.2, -0.15) is 0 Å². The maximum atomic E-state index is 12.8. The van der Waals surface area contributed by atoms with Crippen molar-refractivity contribution in [2.24, 2.45) is 17.6 Å². The number of ether oxygens (including phenoxy) is 1. The van der Waals surface area contributed by atoms with E-state index in [0.29, 0.717) is 38.6 Å². The Bertz CT molecular complexity index is 1050. The summed E-state index contributed by atoms with van der Waals surface area (Å²) in [4.78, 5) is 49.0. The summed E-state index contributed by atoms with van der Waals surface area (Å²) in [6.07, 6.45) is 2.49. The Balaban J connectivity index is 1.99. The lowest BCUT2D eigenvalue weighted by atomic mass is 9.94. The van der Waals surface area contributed by atoms with Crippen LogP contribution in [0.5, 0.6) is 0 Å². The first-order valence-corrected chi connectivity index (χ1v) is 13.8. The van der Waals surface area contributed by atoms with E-state index in [1.807, 2.05) is 54.6 Å². The van der Waals surface area contributed by atoms with Crippen molar-refractivity contribution < 1.29 is 29.0 Å². The van der Waals surface area contributed by atoms with Crippen LogP contribution in [0, 0.1) is 11.8 Å². The van der Waals surface area contributed by atoms with Gasteiger partial charge in [-0.3, -0.25) is 19.2 Å². The molecule has 39 heavy (non-hydrogen) atoms. The Morgan fingerprint density at radius 3 is 2.23 bits per heavy atom. The topological polar surface area (TPSA) is 136 Å². The molecule has 2 rings (SSSR count). The van der Waals surface area contributed by atoms with Crippen LogP contribution in [-0.4, -0.2) is 47.9 Å². The number of amides is 1. The molecule has 212 valence electrons.